The second-order valence-electron chi connectivity index (χ2n) is 5.95. The zero-order valence-corrected chi connectivity index (χ0v) is 13.5. The summed E-state index contributed by atoms with van der Waals surface area (Å²) in [6, 6.07) is 10.9. The van der Waals surface area contributed by atoms with Crippen LogP contribution in [0.25, 0.3) is 0 Å². The van der Waals surface area contributed by atoms with Crippen molar-refractivity contribution >= 4 is 11.5 Å². The molecule has 0 saturated carbocycles. The summed E-state index contributed by atoms with van der Waals surface area (Å²) in [6.07, 6.45) is 1.88. The molecule has 2 heterocycles. The molecule has 1 aromatic carbocycles. The normalized spacial score (nSPS) is 15.7. The van der Waals surface area contributed by atoms with Gasteiger partial charge in [-0.2, -0.15) is 0 Å². The molecule has 5 heteroatoms. The number of pyridine rings is 1. The first-order chi connectivity index (χ1) is 11.2. The number of aromatic nitrogens is 1. The molecule has 0 unspecified atom stereocenters. The third-order valence-corrected chi connectivity index (χ3v) is 4.21. The second-order valence-corrected chi connectivity index (χ2v) is 5.95. The molecule has 1 aromatic heterocycles. The number of nitrogens with zero attached hydrogens (tertiary/aromatic N) is 3. The summed E-state index contributed by atoms with van der Waals surface area (Å²) >= 11 is 0. The Kier molecular flexibility index (Phi) is 5.08. The van der Waals surface area contributed by atoms with E-state index in [1.165, 1.54) is 17.7 Å². The molecule has 0 atom stereocenters. The van der Waals surface area contributed by atoms with E-state index in [0.717, 1.165) is 50.8 Å². The third-order valence-electron chi connectivity index (χ3n) is 4.21. The SMILES string of the molecule is Cc1ccc(NCCN2CCN(c3ccc(F)cc3)CC2)nc1. The summed E-state index contributed by atoms with van der Waals surface area (Å²) in [7, 11) is 0. The van der Waals surface area contributed by atoms with Crippen LogP contribution in [0.3, 0.4) is 0 Å². The lowest BCUT2D eigenvalue weighted by Crippen LogP contribution is -2.47. The number of nitrogens with one attached hydrogen (secondary N) is 1. The van der Waals surface area contributed by atoms with E-state index in [0.29, 0.717) is 0 Å². The van der Waals surface area contributed by atoms with E-state index in [9.17, 15) is 4.39 Å². The Morgan fingerprint density at radius 3 is 2.43 bits per heavy atom. The average Bonchev–Trinajstić information content (AvgIpc) is 2.58. The zero-order valence-electron chi connectivity index (χ0n) is 13.5. The molecule has 3 rings (SSSR count). The standard InChI is InChI=1S/C18H23FN4/c1-15-2-7-18(21-14-15)20-8-9-22-10-12-23(13-11-22)17-5-3-16(19)4-6-17/h2-7,14H,8-13H2,1H3,(H,20,21). The molecule has 0 bridgehead atoms. The molecule has 0 amide bonds. The van der Waals surface area contributed by atoms with E-state index >= 15 is 0 Å². The molecule has 0 aliphatic carbocycles. The maximum Gasteiger partial charge on any atom is 0.125 e. The first kappa shape index (κ1) is 15.7. The van der Waals surface area contributed by atoms with Gasteiger partial charge in [0.05, 0.1) is 0 Å². The first-order valence-corrected chi connectivity index (χ1v) is 8.10. The third kappa shape index (κ3) is 4.42. The predicted octanol–water partition coefficient (Wildman–Crippen LogP) is 2.76. The van der Waals surface area contributed by atoms with Crippen LogP contribution in [0, 0.1) is 12.7 Å². The highest BCUT2D eigenvalue weighted by atomic mass is 19.1. The Hall–Kier alpha value is -2.14. The number of aryl methyl sites for hydroxylation is 1. The van der Waals surface area contributed by atoms with Gasteiger partial charge in [-0.05, 0) is 42.8 Å². The molecule has 1 saturated heterocycles. The largest absolute Gasteiger partial charge is 0.369 e. The average molecular weight is 314 g/mol. The van der Waals surface area contributed by atoms with Crippen LogP contribution in [0.15, 0.2) is 42.6 Å². The Morgan fingerprint density at radius 2 is 1.78 bits per heavy atom. The molecular formula is C18H23FN4. The van der Waals surface area contributed by atoms with E-state index in [4.69, 9.17) is 0 Å². The number of hydrogen-bond acceptors (Lipinski definition) is 4. The molecule has 1 aliphatic heterocycles. The minimum Gasteiger partial charge on any atom is -0.369 e. The molecular weight excluding hydrogens is 291 g/mol. The highest BCUT2D eigenvalue weighted by molar-refractivity contribution is 5.46. The van der Waals surface area contributed by atoms with E-state index in [2.05, 4.69) is 26.2 Å². The summed E-state index contributed by atoms with van der Waals surface area (Å²) in [6.45, 7) is 7.96. The van der Waals surface area contributed by atoms with Crippen molar-refractivity contribution in [1.29, 1.82) is 0 Å². The van der Waals surface area contributed by atoms with Crippen molar-refractivity contribution in [2.24, 2.45) is 0 Å². The van der Waals surface area contributed by atoms with E-state index in [-0.39, 0.29) is 5.82 Å². The van der Waals surface area contributed by atoms with Crippen molar-refractivity contribution in [2.75, 3.05) is 49.5 Å². The van der Waals surface area contributed by atoms with Gasteiger partial charge in [0.1, 0.15) is 11.6 Å². The van der Waals surface area contributed by atoms with Crippen LogP contribution in [0.1, 0.15) is 5.56 Å². The molecule has 122 valence electrons. The fourth-order valence-electron chi connectivity index (χ4n) is 2.80. The lowest BCUT2D eigenvalue weighted by Gasteiger charge is -2.36. The summed E-state index contributed by atoms with van der Waals surface area (Å²) in [5, 5.41) is 3.36. The molecule has 1 N–H and O–H groups in total. The Balaban J connectivity index is 1.40. The van der Waals surface area contributed by atoms with Crippen molar-refractivity contribution in [3.05, 3.63) is 54.0 Å². The lowest BCUT2D eigenvalue weighted by molar-refractivity contribution is 0.267. The fourth-order valence-corrected chi connectivity index (χ4v) is 2.80. The highest BCUT2D eigenvalue weighted by Gasteiger charge is 2.16. The van der Waals surface area contributed by atoms with Crippen molar-refractivity contribution in [3.8, 4) is 0 Å². The fraction of sp³-hybridized carbons (Fsp3) is 0.389. The first-order valence-electron chi connectivity index (χ1n) is 8.10. The van der Waals surface area contributed by atoms with Gasteiger partial charge in [0.2, 0.25) is 0 Å². The molecule has 23 heavy (non-hydrogen) atoms. The summed E-state index contributed by atoms with van der Waals surface area (Å²) in [4.78, 5) is 9.11. The Labute approximate surface area is 136 Å². The monoisotopic (exact) mass is 314 g/mol. The molecule has 1 aliphatic rings. The number of rotatable bonds is 5. The Bertz CT molecular complexity index is 601. The number of hydrogen-bond donors (Lipinski definition) is 1. The lowest BCUT2D eigenvalue weighted by atomic mass is 10.2. The van der Waals surface area contributed by atoms with Gasteiger partial charge >= 0.3 is 0 Å². The molecule has 0 radical (unpaired) electrons. The van der Waals surface area contributed by atoms with Gasteiger partial charge in [-0.15, -0.1) is 0 Å². The minimum absolute atomic E-state index is 0.178. The maximum atomic E-state index is 13.0. The van der Waals surface area contributed by atoms with Gasteiger partial charge in [0.25, 0.3) is 0 Å². The molecule has 2 aromatic rings. The number of anilines is 2. The number of halogens is 1. The van der Waals surface area contributed by atoms with Crippen LogP contribution in [0.4, 0.5) is 15.9 Å². The van der Waals surface area contributed by atoms with Gasteiger partial charge in [0, 0.05) is 51.2 Å². The second kappa shape index (κ2) is 7.42. The van der Waals surface area contributed by atoms with Crippen molar-refractivity contribution < 1.29 is 4.39 Å². The van der Waals surface area contributed by atoms with Crippen LogP contribution < -0.4 is 10.2 Å². The molecule has 4 nitrogen and oxygen atoms in total. The highest BCUT2D eigenvalue weighted by Crippen LogP contribution is 2.16. The van der Waals surface area contributed by atoms with Gasteiger partial charge in [-0.25, -0.2) is 9.37 Å². The maximum absolute atomic E-state index is 13.0. The summed E-state index contributed by atoms with van der Waals surface area (Å²) in [5.41, 5.74) is 2.28. The number of benzene rings is 1. The van der Waals surface area contributed by atoms with E-state index in [1.54, 1.807) is 0 Å². The van der Waals surface area contributed by atoms with Crippen LogP contribution in [-0.4, -0.2) is 49.2 Å². The number of piperazine rings is 1. The molecule has 0 spiro atoms. The Morgan fingerprint density at radius 1 is 1.04 bits per heavy atom. The zero-order chi connectivity index (χ0) is 16.1. The predicted molar refractivity (Wildman–Crippen MR) is 92.5 cm³/mol. The van der Waals surface area contributed by atoms with Gasteiger partial charge in [-0.3, -0.25) is 4.90 Å². The van der Waals surface area contributed by atoms with Crippen molar-refractivity contribution in [1.82, 2.24) is 9.88 Å². The van der Waals surface area contributed by atoms with Gasteiger partial charge in [-0.1, -0.05) is 6.07 Å². The van der Waals surface area contributed by atoms with E-state index < -0.39 is 0 Å². The van der Waals surface area contributed by atoms with Crippen LogP contribution in [-0.2, 0) is 0 Å². The van der Waals surface area contributed by atoms with Crippen LogP contribution in [0.5, 0.6) is 0 Å². The van der Waals surface area contributed by atoms with Gasteiger partial charge in [0.15, 0.2) is 0 Å². The molecule has 1 fully saturated rings. The van der Waals surface area contributed by atoms with Crippen molar-refractivity contribution in [2.45, 2.75) is 6.92 Å². The van der Waals surface area contributed by atoms with Crippen LogP contribution in [0.2, 0.25) is 0 Å². The smallest absolute Gasteiger partial charge is 0.125 e. The summed E-state index contributed by atoms with van der Waals surface area (Å²) in [5.74, 6) is 0.753. The van der Waals surface area contributed by atoms with Crippen LogP contribution >= 0.6 is 0 Å². The van der Waals surface area contributed by atoms with Crippen molar-refractivity contribution in [3.63, 3.8) is 0 Å². The quantitative estimate of drug-likeness (QED) is 0.919. The topological polar surface area (TPSA) is 31.4 Å². The minimum atomic E-state index is -0.178. The summed E-state index contributed by atoms with van der Waals surface area (Å²) < 4.78 is 13.0. The van der Waals surface area contributed by atoms with E-state index in [1.807, 2.05) is 31.3 Å². The van der Waals surface area contributed by atoms with Gasteiger partial charge < -0.3 is 10.2 Å².